The van der Waals surface area contributed by atoms with Crippen LogP contribution >= 0.6 is 0 Å². The van der Waals surface area contributed by atoms with Crippen molar-refractivity contribution in [3.63, 3.8) is 0 Å². The molecule has 144 valence electrons. The molecule has 2 aliphatic rings. The molecule has 0 spiro atoms. The Morgan fingerprint density at radius 2 is 1.89 bits per heavy atom. The molecule has 0 aliphatic carbocycles. The normalized spacial score (nSPS) is 19.6. The number of aromatic amines is 1. The SMILES string of the molecule is O=C1CN(C2CCN(c3ncnc4nc[nH]c34)CC2)C(=O)N1CC(F)(F)F. The number of anilines is 1. The number of halogens is 3. The molecule has 0 unspecified atom stereocenters. The molecule has 2 saturated heterocycles. The fraction of sp³-hybridized carbons (Fsp3) is 0.533. The minimum Gasteiger partial charge on any atom is -0.355 e. The Hall–Kier alpha value is -2.92. The predicted octanol–water partition coefficient (Wildman–Crippen LogP) is 1.15. The van der Waals surface area contributed by atoms with Gasteiger partial charge in [0.25, 0.3) is 5.91 Å². The molecule has 3 amide bonds. The maximum atomic E-state index is 12.6. The maximum Gasteiger partial charge on any atom is 0.406 e. The van der Waals surface area contributed by atoms with Crippen LogP contribution < -0.4 is 4.90 Å². The number of alkyl halides is 3. The van der Waals surface area contributed by atoms with E-state index in [9.17, 15) is 22.8 Å². The standard InChI is InChI=1S/C15H16F3N7O2/c16-15(17,18)6-25-10(26)5-24(14(25)27)9-1-3-23(4-2-9)13-11-12(20-7-19-11)21-8-22-13/h7-9H,1-6H2,(H,19,20,21,22). The summed E-state index contributed by atoms with van der Waals surface area (Å²) in [6.07, 6.45) is -0.605. The number of imidazole rings is 1. The van der Waals surface area contributed by atoms with Crippen LogP contribution in [0.25, 0.3) is 11.2 Å². The summed E-state index contributed by atoms with van der Waals surface area (Å²) in [5.74, 6) is -0.117. The van der Waals surface area contributed by atoms with Gasteiger partial charge in [-0.05, 0) is 12.8 Å². The van der Waals surface area contributed by atoms with E-state index in [1.807, 2.05) is 4.90 Å². The molecule has 12 heteroatoms. The number of nitrogens with zero attached hydrogens (tertiary/aromatic N) is 6. The lowest BCUT2D eigenvalue weighted by molar-refractivity contribution is -0.151. The number of hydrogen-bond donors (Lipinski definition) is 1. The molecule has 4 heterocycles. The Morgan fingerprint density at radius 1 is 1.15 bits per heavy atom. The molecule has 1 N–H and O–H groups in total. The number of rotatable bonds is 3. The second kappa shape index (κ2) is 6.35. The van der Waals surface area contributed by atoms with Gasteiger partial charge in [0.15, 0.2) is 11.5 Å². The summed E-state index contributed by atoms with van der Waals surface area (Å²) in [5, 5.41) is 0. The molecule has 0 saturated carbocycles. The monoisotopic (exact) mass is 383 g/mol. The van der Waals surface area contributed by atoms with Gasteiger partial charge in [0.2, 0.25) is 0 Å². The van der Waals surface area contributed by atoms with Crippen molar-refractivity contribution in [1.82, 2.24) is 29.7 Å². The summed E-state index contributed by atoms with van der Waals surface area (Å²) in [7, 11) is 0. The topological polar surface area (TPSA) is 98.3 Å². The van der Waals surface area contributed by atoms with Crippen LogP contribution in [0, 0.1) is 0 Å². The fourth-order valence-corrected chi connectivity index (χ4v) is 3.56. The number of fused-ring (bicyclic) bond motifs is 1. The molecule has 2 aliphatic heterocycles. The van der Waals surface area contributed by atoms with E-state index in [4.69, 9.17) is 0 Å². The molecule has 27 heavy (non-hydrogen) atoms. The van der Waals surface area contributed by atoms with Crippen LogP contribution in [-0.4, -0.2) is 80.1 Å². The average Bonchev–Trinajstić information content (AvgIpc) is 3.21. The van der Waals surface area contributed by atoms with Crippen LogP contribution in [0.2, 0.25) is 0 Å². The molecule has 0 aromatic carbocycles. The van der Waals surface area contributed by atoms with E-state index >= 15 is 0 Å². The lowest BCUT2D eigenvalue weighted by Gasteiger charge is -2.36. The Bertz CT molecular complexity index is 876. The first kappa shape index (κ1) is 17.5. The van der Waals surface area contributed by atoms with Crippen LogP contribution in [0.1, 0.15) is 12.8 Å². The van der Waals surface area contributed by atoms with Crippen molar-refractivity contribution < 1.29 is 22.8 Å². The van der Waals surface area contributed by atoms with Crippen molar-refractivity contribution in [2.24, 2.45) is 0 Å². The van der Waals surface area contributed by atoms with Gasteiger partial charge in [-0.3, -0.25) is 9.69 Å². The Balaban J connectivity index is 1.43. The number of nitrogens with one attached hydrogen (secondary N) is 1. The minimum atomic E-state index is -4.60. The van der Waals surface area contributed by atoms with Crippen molar-refractivity contribution in [2.45, 2.75) is 25.1 Å². The third-order valence-corrected chi connectivity index (χ3v) is 4.83. The average molecular weight is 383 g/mol. The number of urea groups is 1. The second-order valence-corrected chi connectivity index (χ2v) is 6.52. The van der Waals surface area contributed by atoms with E-state index in [0.717, 1.165) is 0 Å². The van der Waals surface area contributed by atoms with Crippen LogP contribution in [-0.2, 0) is 4.79 Å². The maximum absolute atomic E-state index is 12.6. The first-order valence-corrected chi connectivity index (χ1v) is 8.40. The molecule has 0 atom stereocenters. The third kappa shape index (κ3) is 3.26. The summed E-state index contributed by atoms with van der Waals surface area (Å²) in [5.41, 5.74) is 1.25. The Morgan fingerprint density at radius 3 is 2.59 bits per heavy atom. The van der Waals surface area contributed by atoms with Crippen molar-refractivity contribution in [2.75, 3.05) is 31.1 Å². The highest BCUT2D eigenvalue weighted by molar-refractivity contribution is 6.02. The number of carbonyl (C=O) groups excluding carboxylic acids is 2. The van der Waals surface area contributed by atoms with Gasteiger partial charge in [0, 0.05) is 19.1 Å². The molecule has 2 aromatic rings. The van der Waals surface area contributed by atoms with Crippen LogP contribution in [0.3, 0.4) is 0 Å². The van der Waals surface area contributed by atoms with E-state index in [1.165, 1.54) is 17.6 Å². The van der Waals surface area contributed by atoms with Gasteiger partial charge in [-0.25, -0.2) is 19.7 Å². The molecule has 0 radical (unpaired) electrons. The largest absolute Gasteiger partial charge is 0.406 e. The van der Waals surface area contributed by atoms with Crippen LogP contribution in [0.15, 0.2) is 12.7 Å². The van der Waals surface area contributed by atoms with Gasteiger partial charge >= 0.3 is 12.2 Å². The predicted molar refractivity (Wildman–Crippen MR) is 86.8 cm³/mol. The lowest BCUT2D eigenvalue weighted by Crippen LogP contribution is -2.47. The number of carbonyl (C=O) groups is 2. The lowest BCUT2D eigenvalue weighted by atomic mass is 10.0. The summed E-state index contributed by atoms with van der Waals surface area (Å²) >= 11 is 0. The summed E-state index contributed by atoms with van der Waals surface area (Å²) in [6.45, 7) is -0.753. The second-order valence-electron chi connectivity index (χ2n) is 6.52. The van der Waals surface area contributed by atoms with Crippen LogP contribution in [0.5, 0.6) is 0 Å². The van der Waals surface area contributed by atoms with Crippen LogP contribution in [0.4, 0.5) is 23.8 Å². The Labute approximate surface area is 151 Å². The van der Waals surface area contributed by atoms with E-state index in [1.54, 1.807) is 0 Å². The summed E-state index contributed by atoms with van der Waals surface area (Å²) in [4.78, 5) is 43.1. The van der Waals surface area contributed by atoms with E-state index in [0.29, 0.717) is 42.9 Å². The van der Waals surface area contributed by atoms with Crippen molar-refractivity contribution in [3.8, 4) is 0 Å². The van der Waals surface area contributed by atoms with Gasteiger partial charge in [0.1, 0.15) is 24.9 Å². The number of aromatic nitrogens is 4. The zero-order valence-electron chi connectivity index (χ0n) is 14.1. The Kier molecular flexibility index (Phi) is 4.12. The number of H-pyrrole nitrogens is 1. The van der Waals surface area contributed by atoms with Gasteiger partial charge in [-0.15, -0.1) is 0 Å². The molecule has 2 aromatic heterocycles. The molecule has 2 fully saturated rings. The highest BCUT2D eigenvalue weighted by atomic mass is 19.4. The molecule has 4 rings (SSSR count). The summed E-state index contributed by atoms with van der Waals surface area (Å²) < 4.78 is 37.7. The van der Waals surface area contributed by atoms with Gasteiger partial charge in [-0.2, -0.15) is 13.2 Å². The smallest absolute Gasteiger partial charge is 0.355 e. The quantitative estimate of drug-likeness (QED) is 0.799. The van der Waals surface area contributed by atoms with Crippen molar-refractivity contribution in [1.29, 1.82) is 0 Å². The molecular formula is C15H16F3N7O2. The molecule has 9 nitrogen and oxygen atoms in total. The summed E-state index contributed by atoms with van der Waals surface area (Å²) in [6, 6.07) is -1.15. The molecule has 0 bridgehead atoms. The first-order valence-electron chi connectivity index (χ1n) is 8.40. The fourth-order valence-electron chi connectivity index (χ4n) is 3.56. The van der Waals surface area contributed by atoms with Crippen molar-refractivity contribution in [3.05, 3.63) is 12.7 Å². The van der Waals surface area contributed by atoms with Gasteiger partial charge < -0.3 is 14.8 Å². The highest BCUT2D eigenvalue weighted by Crippen LogP contribution is 2.28. The number of hydrogen-bond acceptors (Lipinski definition) is 6. The number of amides is 3. The number of imide groups is 1. The van der Waals surface area contributed by atoms with Crippen molar-refractivity contribution >= 4 is 28.9 Å². The minimum absolute atomic E-state index is 0.282. The van der Waals surface area contributed by atoms with E-state index in [-0.39, 0.29) is 17.5 Å². The van der Waals surface area contributed by atoms with Gasteiger partial charge in [0.05, 0.1) is 6.33 Å². The number of piperidine rings is 1. The zero-order valence-corrected chi connectivity index (χ0v) is 14.1. The van der Waals surface area contributed by atoms with Gasteiger partial charge in [-0.1, -0.05) is 0 Å². The zero-order chi connectivity index (χ0) is 19.2. The van der Waals surface area contributed by atoms with E-state index < -0.39 is 24.7 Å². The van der Waals surface area contributed by atoms with E-state index in [2.05, 4.69) is 19.9 Å². The third-order valence-electron chi connectivity index (χ3n) is 4.83. The highest BCUT2D eigenvalue weighted by Gasteiger charge is 2.45. The molecular weight excluding hydrogens is 367 g/mol. The first-order chi connectivity index (χ1) is 12.8.